The third kappa shape index (κ3) is 4.52. The van der Waals surface area contributed by atoms with Crippen LogP contribution >= 0.6 is 0 Å². The first-order valence-corrected chi connectivity index (χ1v) is 5.55. The van der Waals surface area contributed by atoms with E-state index in [1.54, 1.807) is 0 Å². The molecule has 0 aromatic heterocycles. The standard InChI is InChI=1S/C12H17N3O3/c13-9(6-8-4-2-1-3-5-8)12(18)15-7-10(16)11(14)17/h1-5,9-10,16H,6-7,13H2,(H2,14,17)(H,15,18)/t9-,10?/m1/s1. The molecule has 6 N–H and O–H groups in total. The fourth-order valence-electron chi connectivity index (χ4n) is 1.39. The van der Waals surface area contributed by atoms with Gasteiger partial charge >= 0.3 is 0 Å². The third-order valence-corrected chi connectivity index (χ3v) is 2.43. The van der Waals surface area contributed by atoms with Crippen LogP contribution in [0.4, 0.5) is 0 Å². The summed E-state index contributed by atoms with van der Waals surface area (Å²) in [4.78, 5) is 22.1. The molecule has 0 aliphatic rings. The van der Waals surface area contributed by atoms with Crippen molar-refractivity contribution in [1.82, 2.24) is 5.32 Å². The lowest BCUT2D eigenvalue weighted by atomic mass is 10.1. The maximum Gasteiger partial charge on any atom is 0.248 e. The van der Waals surface area contributed by atoms with Crippen LogP contribution in [0.25, 0.3) is 0 Å². The summed E-state index contributed by atoms with van der Waals surface area (Å²) in [6.07, 6.45) is -1.00. The molecule has 2 amide bonds. The lowest BCUT2D eigenvalue weighted by molar-refractivity contribution is -0.127. The van der Waals surface area contributed by atoms with Gasteiger partial charge in [0.1, 0.15) is 6.10 Å². The number of nitrogens with one attached hydrogen (secondary N) is 1. The Kier molecular flexibility index (Phi) is 5.29. The van der Waals surface area contributed by atoms with Crippen molar-refractivity contribution in [2.75, 3.05) is 6.54 Å². The number of benzene rings is 1. The van der Waals surface area contributed by atoms with Gasteiger partial charge in [0.2, 0.25) is 11.8 Å². The van der Waals surface area contributed by atoms with Gasteiger partial charge in [-0.25, -0.2) is 0 Å². The predicted octanol–water partition coefficient (Wildman–Crippen LogP) is -1.48. The number of amides is 2. The second-order valence-electron chi connectivity index (χ2n) is 3.96. The molecule has 0 radical (unpaired) electrons. The molecule has 0 fully saturated rings. The molecule has 0 aliphatic carbocycles. The molecule has 98 valence electrons. The van der Waals surface area contributed by atoms with E-state index in [2.05, 4.69) is 5.32 Å². The number of primary amides is 1. The lowest BCUT2D eigenvalue weighted by Crippen LogP contribution is -2.47. The van der Waals surface area contributed by atoms with Crippen LogP contribution in [-0.2, 0) is 16.0 Å². The monoisotopic (exact) mass is 251 g/mol. The molecule has 0 bridgehead atoms. The second kappa shape index (κ2) is 6.73. The van der Waals surface area contributed by atoms with Crippen molar-refractivity contribution >= 4 is 11.8 Å². The largest absolute Gasteiger partial charge is 0.381 e. The van der Waals surface area contributed by atoms with Gasteiger partial charge in [-0.05, 0) is 12.0 Å². The maximum atomic E-state index is 11.6. The third-order valence-electron chi connectivity index (χ3n) is 2.43. The quantitative estimate of drug-likeness (QED) is 0.493. The highest BCUT2D eigenvalue weighted by atomic mass is 16.3. The minimum atomic E-state index is -1.39. The zero-order valence-electron chi connectivity index (χ0n) is 9.87. The normalized spacial score (nSPS) is 13.7. The first-order chi connectivity index (χ1) is 8.50. The summed E-state index contributed by atoms with van der Waals surface area (Å²) in [5.74, 6) is -1.31. The van der Waals surface area contributed by atoms with Gasteiger partial charge in [-0.1, -0.05) is 30.3 Å². The van der Waals surface area contributed by atoms with Crippen LogP contribution in [0.3, 0.4) is 0 Å². The highest BCUT2D eigenvalue weighted by Crippen LogP contribution is 2.01. The summed E-state index contributed by atoms with van der Waals surface area (Å²) in [5.41, 5.74) is 11.5. The first kappa shape index (κ1) is 14.1. The number of rotatable bonds is 6. The van der Waals surface area contributed by atoms with Crippen LogP contribution in [0.1, 0.15) is 5.56 Å². The molecule has 18 heavy (non-hydrogen) atoms. The van der Waals surface area contributed by atoms with E-state index in [9.17, 15) is 9.59 Å². The van der Waals surface area contributed by atoms with Gasteiger partial charge in [0.05, 0.1) is 12.6 Å². The fraction of sp³-hybridized carbons (Fsp3) is 0.333. The number of aliphatic hydroxyl groups excluding tert-OH is 1. The highest BCUT2D eigenvalue weighted by molar-refractivity contribution is 5.83. The Bertz CT molecular complexity index is 408. The molecule has 1 rings (SSSR count). The Hall–Kier alpha value is -1.92. The van der Waals surface area contributed by atoms with E-state index < -0.39 is 24.0 Å². The van der Waals surface area contributed by atoms with Crippen LogP contribution in [0.2, 0.25) is 0 Å². The molecule has 0 saturated carbocycles. The molecule has 0 spiro atoms. The van der Waals surface area contributed by atoms with E-state index in [1.807, 2.05) is 30.3 Å². The zero-order chi connectivity index (χ0) is 13.5. The second-order valence-corrected chi connectivity index (χ2v) is 3.96. The molecular formula is C12H17N3O3. The van der Waals surface area contributed by atoms with Crippen molar-refractivity contribution in [3.05, 3.63) is 35.9 Å². The van der Waals surface area contributed by atoms with E-state index >= 15 is 0 Å². The molecule has 0 saturated heterocycles. The van der Waals surface area contributed by atoms with Gasteiger partial charge in [0, 0.05) is 0 Å². The van der Waals surface area contributed by atoms with Gasteiger partial charge in [-0.2, -0.15) is 0 Å². The number of carbonyl (C=O) groups is 2. The number of carbonyl (C=O) groups excluding carboxylic acids is 2. The van der Waals surface area contributed by atoms with Gasteiger partial charge < -0.3 is 21.9 Å². The molecule has 1 aromatic rings. The Balaban J connectivity index is 2.40. The van der Waals surface area contributed by atoms with Crippen LogP contribution < -0.4 is 16.8 Å². The summed E-state index contributed by atoms with van der Waals surface area (Å²) in [6, 6.07) is 8.59. The van der Waals surface area contributed by atoms with E-state index in [0.29, 0.717) is 6.42 Å². The lowest BCUT2D eigenvalue weighted by Gasteiger charge is -2.13. The van der Waals surface area contributed by atoms with Crippen molar-refractivity contribution < 1.29 is 14.7 Å². The van der Waals surface area contributed by atoms with E-state index in [4.69, 9.17) is 16.6 Å². The molecule has 0 aliphatic heterocycles. The van der Waals surface area contributed by atoms with Gasteiger partial charge in [-0.15, -0.1) is 0 Å². The number of nitrogens with two attached hydrogens (primary N) is 2. The van der Waals surface area contributed by atoms with Crippen molar-refractivity contribution in [2.45, 2.75) is 18.6 Å². The minimum Gasteiger partial charge on any atom is -0.381 e. The summed E-state index contributed by atoms with van der Waals surface area (Å²) in [6.45, 7) is -0.226. The predicted molar refractivity (Wildman–Crippen MR) is 66.3 cm³/mol. The summed E-state index contributed by atoms with van der Waals surface area (Å²) >= 11 is 0. The minimum absolute atomic E-state index is 0.226. The van der Waals surface area contributed by atoms with E-state index in [0.717, 1.165) is 5.56 Å². The molecular weight excluding hydrogens is 234 g/mol. The molecule has 6 heteroatoms. The van der Waals surface area contributed by atoms with Crippen LogP contribution in [0.15, 0.2) is 30.3 Å². The van der Waals surface area contributed by atoms with Gasteiger partial charge in [-0.3, -0.25) is 9.59 Å². The van der Waals surface area contributed by atoms with Crippen LogP contribution in [0.5, 0.6) is 0 Å². The van der Waals surface area contributed by atoms with Crippen molar-refractivity contribution in [2.24, 2.45) is 11.5 Å². The number of hydrogen-bond acceptors (Lipinski definition) is 4. The van der Waals surface area contributed by atoms with E-state index in [1.165, 1.54) is 0 Å². The molecule has 1 unspecified atom stereocenters. The Morgan fingerprint density at radius 3 is 2.44 bits per heavy atom. The Morgan fingerprint density at radius 2 is 1.89 bits per heavy atom. The number of hydrogen-bond donors (Lipinski definition) is 4. The smallest absolute Gasteiger partial charge is 0.248 e. The van der Waals surface area contributed by atoms with Crippen molar-refractivity contribution in [3.63, 3.8) is 0 Å². The van der Waals surface area contributed by atoms with Crippen molar-refractivity contribution in [3.8, 4) is 0 Å². The van der Waals surface area contributed by atoms with E-state index in [-0.39, 0.29) is 6.54 Å². The zero-order valence-corrected chi connectivity index (χ0v) is 9.87. The van der Waals surface area contributed by atoms with Gasteiger partial charge in [0.15, 0.2) is 0 Å². The first-order valence-electron chi connectivity index (χ1n) is 5.55. The SMILES string of the molecule is NC(=O)C(O)CNC(=O)[C@H](N)Cc1ccccc1. The number of aliphatic hydroxyl groups is 1. The molecule has 2 atom stereocenters. The molecule has 6 nitrogen and oxygen atoms in total. The van der Waals surface area contributed by atoms with Crippen molar-refractivity contribution in [1.29, 1.82) is 0 Å². The average molecular weight is 251 g/mol. The summed E-state index contributed by atoms with van der Waals surface area (Å²) < 4.78 is 0. The summed E-state index contributed by atoms with van der Waals surface area (Å²) in [5, 5.41) is 11.5. The summed E-state index contributed by atoms with van der Waals surface area (Å²) in [7, 11) is 0. The van der Waals surface area contributed by atoms with Crippen LogP contribution in [0, 0.1) is 0 Å². The average Bonchev–Trinajstić information content (AvgIpc) is 2.36. The fourth-order valence-corrected chi connectivity index (χ4v) is 1.39. The Labute approximate surface area is 105 Å². The topological polar surface area (TPSA) is 118 Å². The Morgan fingerprint density at radius 1 is 1.28 bits per heavy atom. The molecule has 0 heterocycles. The van der Waals surface area contributed by atoms with Crippen LogP contribution in [-0.4, -0.2) is 35.6 Å². The van der Waals surface area contributed by atoms with Gasteiger partial charge in [0.25, 0.3) is 0 Å². The molecule has 1 aromatic carbocycles. The maximum absolute atomic E-state index is 11.6. The highest BCUT2D eigenvalue weighted by Gasteiger charge is 2.17.